The molecule has 6 nitrogen and oxygen atoms in total. The summed E-state index contributed by atoms with van der Waals surface area (Å²) in [7, 11) is -3.95. The van der Waals surface area contributed by atoms with Gasteiger partial charge in [-0.05, 0) is 67.1 Å². The van der Waals surface area contributed by atoms with Crippen LogP contribution in [0, 0.1) is 6.92 Å². The Kier molecular flexibility index (Phi) is 5.83. The van der Waals surface area contributed by atoms with Gasteiger partial charge >= 0.3 is 0 Å². The van der Waals surface area contributed by atoms with Crippen molar-refractivity contribution >= 4 is 50.5 Å². The molecule has 0 spiro atoms. The van der Waals surface area contributed by atoms with Crippen LogP contribution in [0.5, 0.6) is 5.75 Å². The highest BCUT2D eigenvalue weighted by Crippen LogP contribution is 2.37. The molecule has 0 unspecified atom stereocenters. The summed E-state index contributed by atoms with van der Waals surface area (Å²) in [5.41, 5.74) is 1.72. The number of rotatable bonds is 4. The van der Waals surface area contributed by atoms with Gasteiger partial charge in [-0.2, -0.15) is 0 Å². The number of anilines is 2. The molecular formula is C22H18Cl2N2O4S. The second kappa shape index (κ2) is 8.42. The van der Waals surface area contributed by atoms with Crippen molar-refractivity contribution in [2.45, 2.75) is 17.9 Å². The Bertz CT molecular complexity index is 1250. The quantitative estimate of drug-likeness (QED) is 0.580. The molecule has 3 aromatic carbocycles. The predicted molar refractivity (Wildman–Crippen MR) is 122 cm³/mol. The number of carbonyl (C=O) groups excluding carboxylic acids is 1. The maximum atomic E-state index is 13.4. The van der Waals surface area contributed by atoms with E-state index in [0.29, 0.717) is 27.2 Å². The van der Waals surface area contributed by atoms with Gasteiger partial charge in [0.25, 0.3) is 15.9 Å². The van der Waals surface area contributed by atoms with Crippen LogP contribution in [-0.2, 0) is 14.8 Å². The van der Waals surface area contributed by atoms with Crippen LogP contribution in [0.1, 0.15) is 5.56 Å². The van der Waals surface area contributed by atoms with Gasteiger partial charge in [0.2, 0.25) is 0 Å². The van der Waals surface area contributed by atoms with Crippen LogP contribution >= 0.6 is 23.2 Å². The summed E-state index contributed by atoms with van der Waals surface area (Å²) in [5, 5.41) is 3.78. The highest BCUT2D eigenvalue weighted by Gasteiger charge is 2.37. The number of halogens is 2. The molecular weight excluding hydrogens is 459 g/mol. The van der Waals surface area contributed by atoms with E-state index in [1.165, 1.54) is 28.6 Å². The minimum atomic E-state index is -3.95. The number of amides is 1. The summed E-state index contributed by atoms with van der Waals surface area (Å²) in [6.45, 7) is 1.64. The van der Waals surface area contributed by atoms with Crippen LogP contribution in [0.2, 0.25) is 10.0 Å². The highest BCUT2D eigenvalue weighted by molar-refractivity contribution is 7.92. The number of ether oxygens (including phenoxy) is 1. The first-order chi connectivity index (χ1) is 14.8. The van der Waals surface area contributed by atoms with Crippen LogP contribution in [-0.4, -0.2) is 27.0 Å². The molecule has 0 saturated carbocycles. The maximum Gasteiger partial charge on any atom is 0.267 e. The minimum Gasteiger partial charge on any atom is -0.476 e. The Morgan fingerprint density at radius 3 is 2.42 bits per heavy atom. The predicted octanol–water partition coefficient (Wildman–Crippen LogP) is 4.90. The molecule has 1 atom stereocenters. The summed E-state index contributed by atoms with van der Waals surface area (Å²) in [4.78, 5) is 13.0. The third-order valence-electron chi connectivity index (χ3n) is 4.88. The van der Waals surface area contributed by atoms with Crippen molar-refractivity contribution in [3.63, 3.8) is 0 Å². The number of sulfonamides is 1. The Labute approximate surface area is 190 Å². The molecule has 1 aliphatic rings. The van der Waals surface area contributed by atoms with E-state index in [0.717, 1.165) is 5.56 Å². The fourth-order valence-electron chi connectivity index (χ4n) is 3.28. The first kappa shape index (κ1) is 21.5. The zero-order valence-corrected chi connectivity index (χ0v) is 18.7. The fourth-order valence-corrected chi connectivity index (χ4v) is 5.11. The van der Waals surface area contributed by atoms with Gasteiger partial charge in [-0.3, -0.25) is 9.10 Å². The van der Waals surface area contributed by atoms with Crippen molar-refractivity contribution in [2.24, 2.45) is 0 Å². The van der Waals surface area contributed by atoms with Crippen molar-refractivity contribution in [3.05, 3.63) is 82.3 Å². The molecule has 0 bridgehead atoms. The smallest absolute Gasteiger partial charge is 0.267 e. The van der Waals surface area contributed by atoms with E-state index in [9.17, 15) is 13.2 Å². The number of nitrogens with one attached hydrogen (secondary N) is 1. The average molecular weight is 477 g/mol. The second-order valence-corrected chi connectivity index (χ2v) is 9.75. The van der Waals surface area contributed by atoms with Crippen LogP contribution < -0.4 is 14.4 Å². The molecule has 0 radical (unpaired) electrons. The van der Waals surface area contributed by atoms with Crippen LogP contribution in [0.4, 0.5) is 11.4 Å². The fraction of sp³-hybridized carbons (Fsp3) is 0.136. The lowest BCUT2D eigenvalue weighted by Gasteiger charge is -2.34. The Balaban J connectivity index is 1.67. The summed E-state index contributed by atoms with van der Waals surface area (Å²) in [6.07, 6.45) is -1.05. The topological polar surface area (TPSA) is 75.7 Å². The second-order valence-electron chi connectivity index (χ2n) is 7.01. The van der Waals surface area contributed by atoms with Crippen molar-refractivity contribution in [3.8, 4) is 5.75 Å². The van der Waals surface area contributed by atoms with E-state index in [1.807, 2.05) is 6.92 Å². The van der Waals surface area contributed by atoms with E-state index in [4.69, 9.17) is 27.9 Å². The number of para-hydroxylation sites is 2. The SMILES string of the molecule is Cc1cc(Cl)ccc1NC(=O)[C@H]1CN(S(=O)(=O)c2ccc(Cl)cc2)c2ccccc2O1. The highest BCUT2D eigenvalue weighted by atomic mass is 35.5. The molecule has 0 fully saturated rings. The first-order valence-corrected chi connectivity index (χ1v) is 11.6. The number of fused-ring (bicyclic) bond motifs is 1. The molecule has 3 aromatic rings. The van der Waals surface area contributed by atoms with Gasteiger partial charge in [0.05, 0.1) is 17.1 Å². The Hall–Kier alpha value is -2.74. The van der Waals surface area contributed by atoms with E-state index in [1.54, 1.807) is 42.5 Å². The third kappa shape index (κ3) is 4.35. The molecule has 4 rings (SSSR count). The molecule has 1 aliphatic heterocycles. The third-order valence-corrected chi connectivity index (χ3v) is 7.16. The lowest BCUT2D eigenvalue weighted by Crippen LogP contribution is -2.48. The molecule has 31 heavy (non-hydrogen) atoms. The molecule has 1 N–H and O–H groups in total. The van der Waals surface area contributed by atoms with Gasteiger partial charge in [-0.1, -0.05) is 35.3 Å². The number of benzene rings is 3. The van der Waals surface area contributed by atoms with Crippen LogP contribution in [0.25, 0.3) is 0 Å². The lowest BCUT2D eigenvalue weighted by atomic mass is 10.1. The summed E-state index contributed by atoms with van der Waals surface area (Å²) >= 11 is 11.9. The zero-order chi connectivity index (χ0) is 22.2. The summed E-state index contributed by atoms with van der Waals surface area (Å²) in [6, 6.07) is 17.7. The number of nitrogens with zero attached hydrogens (tertiary/aromatic N) is 1. The maximum absolute atomic E-state index is 13.4. The van der Waals surface area contributed by atoms with E-state index >= 15 is 0 Å². The normalized spacial score (nSPS) is 15.7. The molecule has 160 valence electrons. The number of aryl methyl sites for hydroxylation is 1. The van der Waals surface area contributed by atoms with Crippen molar-refractivity contribution in [2.75, 3.05) is 16.2 Å². The Morgan fingerprint density at radius 1 is 1.03 bits per heavy atom. The van der Waals surface area contributed by atoms with Gasteiger partial charge < -0.3 is 10.1 Å². The van der Waals surface area contributed by atoms with Crippen LogP contribution in [0.3, 0.4) is 0 Å². The van der Waals surface area contributed by atoms with E-state index in [-0.39, 0.29) is 11.4 Å². The monoisotopic (exact) mass is 476 g/mol. The molecule has 1 amide bonds. The summed E-state index contributed by atoms with van der Waals surface area (Å²) in [5.74, 6) is -0.157. The lowest BCUT2D eigenvalue weighted by molar-refractivity contribution is -0.122. The molecule has 0 saturated heterocycles. The minimum absolute atomic E-state index is 0.0707. The molecule has 0 aromatic heterocycles. The van der Waals surface area contributed by atoms with Crippen LogP contribution in [0.15, 0.2) is 71.6 Å². The average Bonchev–Trinajstić information content (AvgIpc) is 2.75. The van der Waals surface area contributed by atoms with Crippen molar-refractivity contribution in [1.29, 1.82) is 0 Å². The Morgan fingerprint density at radius 2 is 1.71 bits per heavy atom. The zero-order valence-electron chi connectivity index (χ0n) is 16.4. The number of hydrogen-bond acceptors (Lipinski definition) is 4. The first-order valence-electron chi connectivity index (χ1n) is 9.37. The molecule has 0 aliphatic carbocycles. The largest absolute Gasteiger partial charge is 0.476 e. The molecule has 1 heterocycles. The number of carbonyl (C=O) groups is 1. The van der Waals surface area contributed by atoms with Crippen molar-refractivity contribution < 1.29 is 17.9 Å². The van der Waals surface area contributed by atoms with Gasteiger partial charge in [-0.25, -0.2) is 8.42 Å². The van der Waals surface area contributed by atoms with Gasteiger partial charge in [0.15, 0.2) is 6.10 Å². The van der Waals surface area contributed by atoms with Gasteiger partial charge in [0, 0.05) is 15.7 Å². The van der Waals surface area contributed by atoms with E-state index in [2.05, 4.69) is 5.32 Å². The summed E-state index contributed by atoms with van der Waals surface area (Å²) < 4.78 is 33.8. The van der Waals surface area contributed by atoms with Crippen molar-refractivity contribution in [1.82, 2.24) is 0 Å². The van der Waals surface area contributed by atoms with Gasteiger partial charge in [-0.15, -0.1) is 0 Å². The standard InChI is InChI=1S/C22H18Cl2N2O4S/c1-14-12-16(24)8-11-18(14)25-22(27)21-13-26(19-4-2-3-5-20(19)30-21)31(28,29)17-9-6-15(23)7-10-17/h2-12,21H,13H2,1H3,(H,25,27)/t21-/m1/s1. The van der Waals surface area contributed by atoms with E-state index < -0.39 is 22.0 Å². The number of hydrogen-bond donors (Lipinski definition) is 1. The molecule has 9 heteroatoms. The van der Waals surface area contributed by atoms with Gasteiger partial charge in [0.1, 0.15) is 5.75 Å².